The third kappa shape index (κ3) is 12.8. The second-order valence-electron chi connectivity index (χ2n) is 10.9. The summed E-state index contributed by atoms with van der Waals surface area (Å²) in [4.78, 5) is 37.5. The summed E-state index contributed by atoms with van der Waals surface area (Å²) in [5.74, 6) is -3.56. The lowest BCUT2D eigenvalue weighted by Crippen LogP contribution is -2.74. The van der Waals surface area contributed by atoms with Gasteiger partial charge in [-0.15, -0.1) is 0 Å². The van der Waals surface area contributed by atoms with Crippen molar-refractivity contribution >= 4 is 17.9 Å². The van der Waals surface area contributed by atoms with E-state index in [1.165, 1.54) is 38.5 Å². The molecule has 0 aliphatic carbocycles. The molecule has 0 bridgehead atoms. The molecule has 0 heterocycles. The lowest BCUT2D eigenvalue weighted by atomic mass is 9.91. The Morgan fingerprint density at radius 1 is 0.605 bits per heavy atom. The van der Waals surface area contributed by atoms with Crippen LogP contribution in [0.2, 0.25) is 0 Å². The average Bonchev–Trinajstić information content (AvgIpc) is 2.87. The maximum Gasteiger partial charge on any atom is 0.362 e. The molecule has 0 aliphatic rings. The Labute approximate surface area is 232 Å². The lowest BCUT2D eigenvalue weighted by Gasteiger charge is -2.52. The Bertz CT molecular complexity index is 617. The van der Waals surface area contributed by atoms with Gasteiger partial charge in [0.2, 0.25) is 0 Å². The van der Waals surface area contributed by atoms with Crippen LogP contribution in [0.5, 0.6) is 0 Å². The summed E-state index contributed by atoms with van der Waals surface area (Å²) >= 11 is 0. The van der Waals surface area contributed by atoms with Crippen LogP contribution in [0.15, 0.2) is 12.2 Å². The summed E-state index contributed by atoms with van der Waals surface area (Å²) in [7, 11) is 0. The molecular weight excluding hydrogens is 482 g/mol. The molecule has 7 nitrogen and oxygen atoms in total. The highest BCUT2D eigenvalue weighted by Gasteiger charge is 2.54. The molecule has 0 aromatic heterocycles. The molecular formula is C31H57NO6. The van der Waals surface area contributed by atoms with Crippen LogP contribution in [0.4, 0.5) is 0 Å². The minimum Gasteiger partial charge on any atom is -0.544 e. The van der Waals surface area contributed by atoms with Crippen LogP contribution in [0, 0.1) is 0 Å². The van der Waals surface area contributed by atoms with Crippen molar-refractivity contribution in [3.8, 4) is 0 Å². The fourth-order valence-corrected chi connectivity index (χ4v) is 5.90. The van der Waals surface area contributed by atoms with Gasteiger partial charge in [0.1, 0.15) is 6.04 Å². The highest BCUT2D eigenvalue weighted by atomic mass is 16.4. The number of aliphatic carboxylic acids is 3. The molecule has 0 fully saturated rings. The minimum absolute atomic E-state index is 0.205. The number of hydrogen-bond acceptors (Lipinski definition) is 4. The molecule has 3 atom stereocenters. The number of rotatable bonds is 26. The van der Waals surface area contributed by atoms with Gasteiger partial charge in [-0.3, -0.25) is 4.48 Å². The summed E-state index contributed by atoms with van der Waals surface area (Å²) < 4.78 is -0.436. The molecule has 3 unspecified atom stereocenters. The normalized spacial score (nSPS) is 15.7. The molecule has 0 spiro atoms. The van der Waals surface area contributed by atoms with Crippen LogP contribution in [0.3, 0.4) is 0 Å². The van der Waals surface area contributed by atoms with E-state index in [4.69, 9.17) is 0 Å². The van der Waals surface area contributed by atoms with E-state index in [1.54, 1.807) is 0 Å². The topological polar surface area (TPSA) is 115 Å². The predicted molar refractivity (Wildman–Crippen MR) is 152 cm³/mol. The van der Waals surface area contributed by atoms with Crippen LogP contribution in [-0.4, -0.2) is 57.3 Å². The van der Waals surface area contributed by atoms with Gasteiger partial charge >= 0.3 is 11.9 Å². The quantitative estimate of drug-likeness (QED) is 0.0738. The molecule has 0 rings (SSSR count). The first kappa shape index (κ1) is 36.1. The first-order valence-electron chi connectivity index (χ1n) is 15.4. The Morgan fingerprint density at radius 2 is 1.00 bits per heavy atom. The Kier molecular flexibility index (Phi) is 20.9. The Hall–Kier alpha value is -1.89. The van der Waals surface area contributed by atoms with Gasteiger partial charge in [0.05, 0.1) is 12.5 Å². The molecule has 0 saturated carbocycles. The Morgan fingerprint density at radius 3 is 1.39 bits per heavy atom. The third-order valence-corrected chi connectivity index (χ3v) is 7.83. The van der Waals surface area contributed by atoms with Crippen LogP contribution in [0.25, 0.3) is 0 Å². The van der Waals surface area contributed by atoms with E-state index in [1.807, 2.05) is 20.8 Å². The SMILES string of the molecule is CCCC/C=C/CCCCCCCCCC[N+](C(CCC)C(=O)[O-])(C(CCC)C(=O)O)C(CCC)C(=O)O. The van der Waals surface area contributed by atoms with Crippen molar-refractivity contribution in [1.29, 1.82) is 0 Å². The number of nitrogens with zero attached hydrogens (tertiary/aromatic N) is 1. The number of hydrogen-bond donors (Lipinski definition) is 2. The van der Waals surface area contributed by atoms with E-state index in [0.29, 0.717) is 25.7 Å². The van der Waals surface area contributed by atoms with Gasteiger partial charge < -0.3 is 20.1 Å². The number of unbranched alkanes of at least 4 members (excludes halogenated alkanes) is 10. The molecule has 38 heavy (non-hydrogen) atoms. The van der Waals surface area contributed by atoms with E-state index in [-0.39, 0.29) is 25.8 Å². The first-order valence-corrected chi connectivity index (χ1v) is 15.4. The van der Waals surface area contributed by atoms with Gasteiger partial charge in [-0.05, 0) is 44.9 Å². The fraction of sp³-hybridized carbons (Fsp3) is 0.839. The fourth-order valence-electron chi connectivity index (χ4n) is 5.90. The maximum atomic E-state index is 12.5. The van der Waals surface area contributed by atoms with Crippen LogP contribution in [0.1, 0.15) is 143 Å². The monoisotopic (exact) mass is 539 g/mol. The summed E-state index contributed by atoms with van der Waals surface area (Å²) in [6, 6.07) is -3.33. The van der Waals surface area contributed by atoms with E-state index < -0.39 is 40.5 Å². The molecule has 0 amide bonds. The number of quaternary nitrogens is 1. The van der Waals surface area contributed by atoms with Gasteiger partial charge in [0.15, 0.2) is 12.1 Å². The number of carbonyl (C=O) groups is 3. The van der Waals surface area contributed by atoms with Gasteiger partial charge in [0, 0.05) is 19.3 Å². The zero-order chi connectivity index (χ0) is 28.8. The lowest BCUT2D eigenvalue weighted by molar-refractivity contribution is -0.975. The molecule has 222 valence electrons. The molecule has 0 aromatic rings. The van der Waals surface area contributed by atoms with E-state index >= 15 is 0 Å². The number of carbonyl (C=O) groups excluding carboxylic acids is 1. The minimum atomic E-state index is -1.34. The average molecular weight is 540 g/mol. The van der Waals surface area contributed by atoms with E-state index in [0.717, 1.165) is 32.1 Å². The van der Waals surface area contributed by atoms with Crippen LogP contribution < -0.4 is 5.11 Å². The zero-order valence-electron chi connectivity index (χ0n) is 24.8. The molecule has 2 N–H and O–H groups in total. The predicted octanol–water partition coefficient (Wildman–Crippen LogP) is 6.49. The summed E-state index contributed by atoms with van der Waals surface area (Å²) in [5, 5.41) is 32.9. The zero-order valence-corrected chi connectivity index (χ0v) is 24.8. The van der Waals surface area contributed by atoms with Crippen LogP contribution >= 0.6 is 0 Å². The van der Waals surface area contributed by atoms with Gasteiger partial charge in [-0.2, -0.15) is 0 Å². The van der Waals surface area contributed by atoms with E-state index in [2.05, 4.69) is 19.1 Å². The first-order chi connectivity index (χ1) is 18.2. The van der Waals surface area contributed by atoms with Crippen molar-refractivity contribution in [3.63, 3.8) is 0 Å². The molecule has 0 saturated heterocycles. The molecule has 7 heteroatoms. The summed E-state index contributed by atoms with van der Waals surface area (Å²) in [6.07, 6.45) is 20.0. The molecule has 0 radical (unpaired) electrons. The second kappa shape index (κ2) is 22.0. The number of allylic oxidation sites excluding steroid dienone is 2. The van der Waals surface area contributed by atoms with Crippen molar-refractivity contribution in [2.24, 2.45) is 0 Å². The third-order valence-electron chi connectivity index (χ3n) is 7.83. The highest BCUT2D eigenvalue weighted by molar-refractivity contribution is 5.77. The van der Waals surface area contributed by atoms with Crippen molar-refractivity contribution in [1.82, 2.24) is 0 Å². The van der Waals surface area contributed by atoms with Crippen molar-refractivity contribution in [3.05, 3.63) is 12.2 Å². The largest absolute Gasteiger partial charge is 0.544 e. The standard InChI is InChI=1S/C31H57NO6/c1-5-9-10-11-12-13-14-15-16-17-18-19-20-21-25-32(26(22-6-2)29(33)34,27(23-7-3)30(35)36)28(24-8-4)31(37)38/h11-12,26-28H,5-10,13-25H2,1-4H3,(H2-,33,34,35,36,37,38)/b12-11+. The van der Waals surface area contributed by atoms with Gasteiger partial charge in [-0.25, -0.2) is 9.59 Å². The smallest absolute Gasteiger partial charge is 0.362 e. The van der Waals surface area contributed by atoms with Crippen LogP contribution in [-0.2, 0) is 14.4 Å². The van der Waals surface area contributed by atoms with Gasteiger partial charge in [-0.1, -0.05) is 91.2 Å². The molecule has 0 aliphatic heterocycles. The van der Waals surface area contributed by atoms with Gasteiger partial charge in [0.25, 0.3) is 0 Å². The molecule has 0 aromatic carbocycles. The highest BCUT2D eigenvalue weighted by Crippen LogP contribution is 2.34. The summed E-state index contributed by atoms with van der Waals surface area (Å²) in [5.41, 5.74) is 0. The second-order valence-corrected chi connectivity index (χ2v) is 10.9. The van der Waals surface area contributed by atoms with E-state index in [9.17, 15) is 29.7 Å². The van der Waals surface area contributed by atoms with Crippen molar-refractivity contribution in [2.75, 3.05) is 6.54 Å². The summed E-state index contributed by atoms with van der Waals surface area (Å²) in [6.45, 7) is 8.00. The number of carboxylic acid groups (broad SMARTS) is 3. The Balaban J connectivity index is 5.33. The van der Waals surface area contributed by atoms with Crippen molar-refractivity contribution < 1.29 is 34.2 Å². The number of carboxylic acids is 3. The van der Waals surface area contributed by atoms with Crippen molar-refractivity contribution in [2.45, 2.75) is 161 Å². The maximum absolute atomic E-state index is 12.5.